The van der Waals surface area contributed by atoms with Crippen LogP contribution in [-0.2, 0) is 13.2 Å². The molecule has 29 heavy (non-hydrogen) atoms. The van der Waals surface area contributed by atoms with Crippen LogP contribution in [0.1, 0.15) is 24.0 Å². The summed E-state index contributed by atoms with van der Waals surface area (Å²) < 4.78 is 5.86. The monoisotopic (exact) mass is 390 g/mol. The molecule has 1 saturated heterocycles. The fourth-order valence-electron chi connectivity index (χ4n) is 3.57. The van der Waals surface area contributed by atoms with E-state index in [1.165, 1.54) is 11.1 Å². The highest BCUT2D eigenvalue weighted by Crippen LogP contribution is 2.19. The Bertz CT molecular complexity index is 948. The lowest BCUT2D eigenvalue weighted by Gasteiger charge is -2.32. The first-order chi connectivity index (χ1) is 14.3. The van der Waals surface area contributed by atoms with Crippen LogP contribution in [0.5, 0.6) is 5.75 Å². The largest absolute Gasteiger partial charge is 0.489 e. The normalized spacial score (nSPS) is 15.2. The lowest BCUT2D eigenvalue weighted by Crippen LogP contribution is -2.39. The number of hydrogen-bond acceptors (Lipinski definition) is 5. The second kappa shape index (κ2) is 9.39. The Morgan fingerprint density at radius 3 is 2.52 bits per heavy atom. The van der Waals surface area contributed by atoms with Crippen LogP contribution in [-0.4, -0.2) is 34.0 Å². The standard InChI is InChI=1S/C23H26N4O2/c28-23-22(24-12-13-25-23)26-20-10-14-27(15-11-20)16-18-6-8-21(9-7-18)29-17-19-4-2-1-3-5-19/h1-9,12-13,20H,10-11,14-17H2,(H,24,26)(H,25,28). The van der Waals surface area contributed by atoms with Crippen molar-refractivity contribution < 1.29 is 4.74 Å². The number of piperidine rings is 1. The SMILES string of the molecule is O=c1[nH]ccnc1NC1CCN(Cc2ccc(OCc3ccccc3)cc2)CC1. The summed E-state index contributed by atoms with van der Waals surface area (Å²) in [6.45, 7) is 3.50. The predicted octanol–water partition coefficient (Wildman–Crippen LogP) is 3.43. The number of rotatable bonds is 7. The topological polar surface area (TPSA) is 70.2 Å². The van der Waals surface area contributed by atoms with E-state index in [2.05, 4.69) is 44.5 Å². The van der Waals surface area contributed by atoms with Gasteiger partial charge in [0, 0.05) is 38.1 Å². The van der Waals surface area contributed by atoms with Gasteiger partial charge in [0.1, 0.15) is 12.4 Å². The molecule has 0 aliphatic carbocycles. The van der Waals surface area contributed by atoms with Crippen LogP contribution in [0.2, 0.25) is 0 Å². The summed E-state index contributed by atoms with van der Waals surface area (Å²) in [4.78, 5) is 21.0. The van der Waals surface area contributed by atoms with Gasteiger partial charge in [0.05, 0.1) is 0 Å². The summed E-state index contributed by atoms with van der Waals surface area (Å²) in [6, 6.07) is 18.8. The summed E-state index contributed by atoms with van der Waals surface area (Å²) in [6.07, 6.45) is 5.14. The first kappa shape index (κ1) is 19.2. The lowest BCUT2D eigenvalue weighted by molar-refractivity contribution is 0.211. The quantitative estimate of drug-likeness (QED) is 0.647. The average Bonchev–Trinajstić information content (AvgIpc) is 2.77. The van der Waals surface area contributed by atoms with Crippen molar-refractivity contribution in [2.24, 2.45) is 0 Å². The lowest BCUT2D eigenvalue weighted by atomic mass is 10.0. The Morgan fingerprint density at radius 2 is 1.79 bits per heavy atom. The molecule has 3 aromatic rings. The van der Waals surface area contributed by atoms with Gasteiger partial charge in [-0.05, 0) is 36.1 Å². The maximum absolute atomic E-state index is 11.8. The number of likely N-dealkylation sites (tertiary alicyclic amines) is 1. The fourth-order valence-corrected chi connectivity index (χ4v) is 3.57. The number of ether oxygens (including phenoxy) is 1. The Morgan fingerprint density at radius 1 is 1.03 bits per heavy atom. The number of hydrogen-bond donors (Lipinski definition) is 2. The van der Waals surface area contributed by atoms with Gasteiger partial charge >= 0.3 is 0 Å². The van der Waals surface area contributed by atoms with Crippen LogP contribution >= 0.6 is 0 Å². The maximum Gasteiger partial charge on any atom is 0.290 e. The number of aromatic amines is 1. The number of benzene rings is 2. The highest BCUT2D eigenvalue weighted by atomic mass is 16.5. The molecule has 0 amide bonds. The molecule has 0 atom stereocenters. The first-order valence-electron chi connectivity index (χ1n) is 10.0. The van der Waals surface area contributed by atoms with E-state index in [1.807, 2.05) is 30.3 Å². The predicted molar refractivity (Wildman–Crippen MR) is 114 cm³/mol. The smallest absolute Gasteiger partial charge is 0.290 e. The van der Waals surface area contributed by atoms with Gasteiger partial charge in [0.2, 0.25) is 0 Å². The van der Waals surface area contributed by atoms with Crippen molar-refractivity contribution >= 4 is 5.82 Å². The van der Waals surface area contributed by atoms with Crippen LogP contribution in [0.15, 0.2) is 71.8 Å². The number of anilines is 1. The summed E-state index contributed by atoms with van der Waals surface area (Å²) >= 11 is 0. The van der Waals surface area contributed by atoms with E-state index in [0.29, 0.717) is 12.4 Å². The van der Waals surface area contributed by atoms with E-state index in [1.54, 1.807) is 12.4 Å². The minimum atomic E-state index is -0.162. The Hall–Kier alpha value is -3.12. The summed E-state index contributed by atoms with van der Waals surface area (Å²) in [5.41, 5.74) is 2.29. The average molecular weight is 390 g/mol. The number of nitrogens with zero attached hydrogens (tertiary/aromatic N) is 2. The molecule has 0 bridgehead atoms. The van der Waals surface area contributed by atoms with Crippen LogP contribution < -0.4 is 15.6 Å². The van der Waals surface area contributed by atoms with Crippen molar-refractivity contribution in [3.05, 3.63) is 88.5 Å². The molecular formula is C23H26N4O2. The van der Waals surface area contributed by atoms with E-state index in [4.69, 9.17) is 4.74 Å². The van der Waals surface area contributed by atoms with Gasteiger partial charge in [-0.2, -0.15) is 0 Å². The maximum atomic E-state index is 11.8. The summed E-state index contributed by atoms with van der Waals surface area (Å²) in [5, 5.41) is 3.27. The second-order valence-corrected chi connectivity index (χ2v) is 7.38. The van der Waals surface area contributed by atoms with Gasteiger partial charge in [0.25, 0.3) is 5.56 Å². The molecule has 0 saturated carbocycles. The molecule has 6 nitrogen and oxygen atoms in total. The highest BCUT2D eigenvalue weighted by molar-refractivity contribution is 5.32. The molecule has 2 N–H and O–H groups in total. The van der Waals surface area contributed by atoms with Gasteiger partial charge < -0.3 is 15.0 Å². The van der Waals surface area contributed by atoms with Gasteiger partial charge in [-0.3, -0.25) is 9.69 Å². The van der Waals surface area contributed by atoms with Crippen LogP contribution in [0.4, 0.5) is 5.82 Å². The molecule has 1 fully saturated rings. The van der Waals surface area contributed by atoms with E-state index in [0.717, 1.165) is 38.2 Å². The van der Waals surface area contributed by atoms with Crippen molar-refractivity contribution in [2.75, 3.05) is 18.4 Å². The first-order valence-corrected chi connectivity index (χ1v) is 10.0. The van der Waals surface area contributed by atoms with Gasteiger partial charge in [0.15, 0.2) is 5.82 Å². The molecule has 0 spiro atoms. The summed E-state index contributed by atoms with van der Waals surface area (Å²) in [5.74, 6) is 1.30. The summed E-state index contributed by atoms with van der Waals surface area (Å²) in [7, 11) is 0. The number of aromatic nitrogens is 2. The molecule has 150 valence electrons. The zero-order valence-corrected chi connectivity index (χ0v) is 16.4. The van der Waals surface area contributed by atoms with Crippen molar-refractivity contribution in [3.8, 4) is 5.75 Å². The highest BCUT2D eigenvalue weighted by Gasteiger charge is 2.20. The zero-order chi connectivity index (χ0) is 19.9. The van der Waals surface area contributed by atoms with Crippen molar-refractivity contribution in [3.63, 3.8) is 0 Å². The van der Waals surface area contributed by atoms with Gasteiger partial charge in [-0.1, -0.05) is 42.5 Å². The molecular weight excluding hydrogens is 364 g/mol. The van der Waals surface area contributed by atoms with E-state index in [-0.39, 0.29) is 11.6 Å². The van der Waals surface area contributed by atoms with Gasteiger partial charge in [-0.25, -0.2) is 4.98 Å². The Balaban J connectivity index is 1.23. The minimum absolute atomic E-state index is 0.162. The molecule has 0 radical (unpaired) electrons. The molecule has 1 aromatic heterocycles. The zero-order valence-electron chi connectivity index (χ0n) is 16.4. The molecule has 4 rings (SSSR count). The second-order valence-electron chi connectivity index (χ2n) is 7.38. The Kier molecular flexibility index (Phi) is 6.22. The third kappa shape index (κ3) is 5.45. The van der Waals surface area contributed by atoms with Crippen molar-refractivity contribution in [1.82, 2.24) is 14.9 Å². The Labute approximate surface area is 170 Å². The molecule has 6 heteroatoms. The van der Waals surface area contributed by atoms with Crippen LogP contribution in [0.25, 0.3) is 0 Å². The van der Waals surface area contributed by atoms with E-state index in [9.17, 15) is 4.79 Å². The fraction of sp³-hybridized carbons (Fsp3) is 0.304. The van der Waals surface area contributed by atoms with E-state index < -0.39 is 0 Å². The van der Waals surface area contributed by atoms with Crippen molar-refractivity contribution in [2.45, 2.75) is 32.0 Å². The molecule has 2 heterocycles. The van der Waals surface area contributed by atoms with Crippen molar-refractivity contribution in [1.29, 1.82) is 0 Å². The minimum Gasteiger partial charge on any atom is -0.489 e. The number of H-pyrrole nitrogens is 1. The van der Waals surface area contributed by atoms with Gasteiger partial charge in [-0.15, -0.1) is 0 Å². The van der Waals surface area contributed by atoms with Crippen LogP contribution in [0, 0.1) is 0 Å². The molecule has 1 aliphatic heterocycles. The van der Waals surface area contributed by atoms with E-state index >= 15 is 0 Å². The van der Waals surface area contributed by atoms with Crippen LogP contribution in [0.3, 0.4) is 0 Å². The molecule has 2 aromatic carbocycles. The molecule has 0 unspecified atom stereocenters. The third-order valence-corrected chi connectivity index (χ3v) is 5.21. The molecule has 1 aliphatic rings. The number of nitrogens with one attached hydrogen (secondary N) is 2. The third-order valence-electron chi connectivity index (χ3n) is 5.21.